The Labute approximate surface area is 153 Å². The standard InChI is InChI=1S/C23H36O2/c1-5-23(15(2)24)13-10-20-18-7-6-16-14-17(25)8-11-21(16,3)19(18)9-12-22(20,23)4/h6,17-20,25H,5,7-14H2,1-4H3/t17-,18?,19?,20?,21?,22?,23+/m0/s1. The molecule has 4 rings (SSSR count). The molecule has 5 unspecified atom stereocenters. The lowest BCUT2D eigenvalue weighted by atomic mass is 9.45. The molecule has 25 heavy (non-hydrogen) atoms. The molecule has 0 aromatic heterocycles. The first-order valence-electron chi connectivity index (χ1n) is 10.7. The van der Waals surface area contributed by atoms with Gasteiger partial charge in [0.15, 0.2) is 0 Å². The quantitative estimate of drug-likeness (QED) is 0.691. The highest BCUT2D eigenvalue weighted by atomic mass is 16.3. The molecule has 2 nitrogen and oxygen atoms in total. The highest BCUT2D eigenvalue weighted by Gasteiger charge is 2.64. The molecule has 4 aliphatic carbocycles. The fourth-order valence-electron chi connectivity index (χ4n) is 8.18. The van der Waals surface area contributed by atoms with E-state index in [1.54, 1.807) is 5.57 Å². The number of allylic oxidation sites excluding steroid dienone is 1. The van der Waals surface area contributed by atoms with Crippen molar-refractivity contribution < 1.29 is 9.90 Å². The molecule has 0 bridgehead atoms. The molecular weight excluding hydrogens is 308 g/mol. The number of hydrogen-bond donors (Lipinski definition) is 1. The number of fused-ring (bicyclic) bond motifs is 5. The monoisotopic (exact) mass is 344 g/mol. The van der Waals surface area contributed by atoms with E-state index in [0.29, 0.717) is 17.1 Å². The normalized spacial score (nSPS) is 52.0. The zero-order chi connectivity index (χ0) is 18.0. The van der Waals surface area contributed by atoms with E-state index < -0.39 is 0 Å². The SMILES string of the molecule is CC[C@]1(C(C)=O)CCC2C3CC=C4C[C@@H](O)CCC4(C)C3CCC21C. The van der Waals surface area contributed by atoms with Gasteiger partial charge in [0, 0.05) is 5.41 Å². The van der Waals surface area contributed by atoms with E-state index in [1.807, 2.05) is 6.92 Å². The molecule has 2 heteroatoms. The third kappa shape index (κ3) is 2.16. The molecule has 1 N–H and O–H groups in total. The summed E-state index contributed by atoms with van der Waals surface area (Å²) in [6.45, 7) is 9.03. The lowest BCUT2D eigenvalue weighted by Gasteiger charge is -2.59. The van der Waals surface area contributed by atoms with Crippen LogP contribution in [0.3, 0.4) is 0 Å². The summed E-state index contributed by atoms with van der Waals surface area (Å²) < 4.78 is 0. The number of ketones is 1. The molecule has 140 valence electrons. The molecular formula is C23H36O2. The number of carbonyl (C=O) groups is 1. The molecule has 0 aliphatic heterocycles. The van der Waals surface area contributed by atoms with Crippen molar-refractivity contribution in [2.75, 3.05) is 0 Å². The van der Waals surface area contributed by atoms with E-state index in [9.17, 15) is 9.90 Å². The van der Waals surface area contributed by atoms with Crippen molar-refractivity contribution in [1.29, 1.82) is 0 Å². The minimum atomic E-state index is -0.123. The summed E-state index contributed by atoms with van der Waals surface area (Å²) in [6.07, 6.45) is 12.4. The lowest BCUT2D eigenvalue weighted by molar-refractivity contribution is -0.140. The van der Waals surface area contributed by atoms with Crippen molar-refractivity contribution >= 4 is 5.78 Å². The maximum Gasteiger partial charge on any atom is 0.136 e. The van der Waals surface area contributed by atoms with E-state index in [4.69, 9.17) is 0 Å². The highest BCUT2D eigenvalue weighted by molar-refractivity contribution is 5.83. The van der Waals surface area contributed by atoms with Crippen LogP contribution in [0.4, 0.5) is 0 Å². The largest absolute Gasteiger partial charge is 0.393 e. The summed E-state index contributed by atoms with van der Waals surface area (Å²) in [5.74, 6) is 2.65. The molecule has 0 radical (unpaired) electrons. The third-order valence-electron chi connectivity index (χ3n) is 9.72. The molecule has 3 saturated carbocycles. The Bertz CT molecular complexity index is 607. The number of hydrogen-bond acceptors (Lipinski definition) is 2. The van der Waals surface area contributed by atoms with Crippen molar-refractivity contribution in [2.24, 2.45) is 34.0 Å². The van der Waals surface area contributed by atoms with Crippen LogP contribution in [0, 0.1) is 34.0 Å². The number of rotatable bonds is 2. The zero-order valence-electron chi connectivity index (χ0n) is 16.6. The van der Waals surface area contributed by atoms with Gasteiger partial charge in [-0.15, -0.1) is 0 Å². The number of Topliss-reactive ketones (excluding diaryl/α,β-unsaturated/α-hetero) is 1. The molecule has 0 aromatic carbocycles. The van der Waals surface area contributed by atoms with Gasteiger partial charge in [0.25, 0.3) is 0 Å². The van der Waals surface area contributed by atoms with Crippen LogP contribution in [0.5, 0.6) is 0 Å². The number of aliphatic hydroxyl groups is 1. The molecule has 7 atom stereocenters. The van der Waals surface area contributed by atoms with Crippen molar-refractivity contribution in [1.82, 2.24) is 0 Å². The second kappa shape index (κ2) is 5.68. The number of carbonyl (C=O) groups excluding carboxylic acids is 1. The van der Waals surface area contributed by atoms with Gasteiger partial charge in [-0.1, -0.05) is 32.4 Å². The Morgan fingerprint density at radius 1 is 1.16 bits per heavy atom. The first-order chi connectivity index (χ1) is 11.8. The highest BCUT2D eigenvalue weighted by Crippen LogP contribution is 2.70. The van der Waals surface area contributed by atoms with Crippen LogP contribution in [0.1, 0.15) is 85.5 Å². The van der Waals surface area contributed by atoms with Crippen molar-refractivity contribution in [2.45, 2.75) is 91.6 Å². The molecule has 0 saturated heterocycles. The van der Waals surface area contributed by atoms with Gasteiger partial charge in [-0.25, -0.2) is 0 Å². The van der Waals surface area contributed by atoms with Crippen molar-refractivity contribution in [3.8, 4) is 0 Å². The van der Waals surface area contributed by atoms with Crippen LogP contribution in [0.15, 0.2) is 11.6 Å². The molecule has 3 fully saturated rings. The van der Waals surface area contributed by atoms with Gasteiger partial charge in [0.2, 0.25) is 0 Å². The Hall–Kier alpha value is -0.630. The van der Waals surface area contributed by atoms with Crippen LogP contribution < -0.4 is 0 Å². The van der Waals surface area contributed by atoms with Crippen molar-refractivity contribution in [3.63, 3.8) is 0 Å². The smallest absolute Gasteiger partial charge is 0.136 e. The maximum absolute atomic E-state index is 12.7. The Balaban J connectivity index is 1.70. The summed E-state index contributed by atoms with van der Waals surface area (Å²) >= 11 is 0. The van der Waals surface area contributed by atoms with Gasteiger partial charge in [-0.2, -0.15) is 0 Å². The second-order valence-electron chi connectivity index (χ2n) is 10.1. The second-order valence-corrected chi connectivity index (χ2v) is 10.1. The fraction of sp³-hybridized carbons (Fsp3) is 0.870. The van der Waals surface area contributed by atoms with Crippen LogP contribution in [-0.2, 0) is 4.79 Å². The van der Waals surface area contributed by atoms with Crippen molar-refractivity contribution in [3.05, 3.63) is 11.6 Å². The van der Waals surface area contributed by atoms with Crippen LogP contribution in [0.25, 0.3) is 0 Å². The van der Waals surface area contributed by atoms with E-state index in [-0.39, 0.29) is 16.9 Å². The van der Waals surface area contributed by atoms with E-state index in [1.165, 1.54) is 25.7 Å². The van der Waals surface area contributed by atoms with E-state index >= 15 is 0 Å². The Morgan fingerprint density at radius 2 is 1.88 bits per heavy atom. The fourth-order valence-corrected chi connectivity index (χ4v) is 8.18. The van der Waals surface area contributed by atoms with Crippen LogP contribution in [-0.4, -0.2) is 17.0 Å². The van der Waals surface area contributed by atoms with Crippen LogP contribution >= 0.6 is 0 Å². The van der Waals surface area contributed by atoms with Crippen LogP contribution in [0.2, 0.25) is 0 Å². The first kappa shape index (κ1) is 17.8. The van der Waals surface area contributed by atoms with E-state index in [0.717, 1.165) is 43.9 Å². The summed E-state index contributed by atoms with van der Waals surface area (Å²) in [5.41, 5.74) is 1.97. The zero-order valence-corrected chi connectivity index (χ0v) is 16.6. The predicted octanol–water partition coefficient (Wildman–Crippen LogP) is 5.30. The summed E-state index contributed by atoms with van der Waals surface area (Å²) in [7, 11) is 0. The Kier molecular flexibility index (Phi) is 4.04. The minimum absolute atomic E-state index is 0.0731. The van der Waals surface area contributed by atoms with Gasteiger partial charge < -0.3 is 5.11 Å². The average Bonchev–Trinajstić information content (AvgIpc) is 2.89. The minimum Gasteiger partial charge on any atom is -0.393 e. The molecule has 0 spiro atoms. The maximum atomic E-state index is 12.7. The molecule has 0 aromatic rings. The average molecular weight is 345 g/mol. The van der Waals surface area contributed by atoms with Gasteiger partial charge in [-0.3, -0.25) is 4.79 Å². The van der Waals surface area contributed by atoms with Gasteiger partial charge in [0.05, 0.1) is 6.10 Å². The molecule has 0 amide bonds. The number of aliphatic hydroxyl groups excluding tert-OH is 1. The third-order valence-corrected chi connectivity index (χ3v) is 9.72. The van der Waals surface area contributed by atoms with Gasteiger partial charge in [-0.05, 0) is 93.3 Å². The predicted molar refractivity (Wildman–Crippen MR) is 101 cm³/mol. The van der Waals surface area contributed by atoms with E-state index in [2.05, 4.69) is 26.8 Å². The molecule has 0 heterocycles. The summed E-state index contributed by atoms with van der Waals surface area (Å²) in [4.78, 5) is 12.7. The summed E-state index contributed by atoms with van der Waals surface area (Å²) in [6, 6.07) is 0. The lowest BCUT2D eigenvalue weighted by Crippen LogP contribution is -2.53. The summed E-state index contributed by atoms with van der Waals surface area (Å²) in [5, 5.41) is 10.1. The Morgan fingerprint density at radius 3 is 2.56 bits per heavy atom. The molecule has 4 aliphatic rings. The van der Waals surface area contributed by atoms with Gasteiger partial charge in [0.1, 0.15) is 5.78 Å². The topological polar surface area (TPSA) is 37.3 Å². The van der Waals surface area contributed by atoms with Gasteiger partial charge >= 0.3 is 0 Å². The first-order valence-corrected chi connectivity index (χ1v) is 10.7.